The van der Waals surface area contributed by atoms with Gasteiger partial charge in [-0.3, -0.25) is 9.59 Å². The second-order valence-corrected chi connectivity index (χ2v) is 6.61. The van der Waals surface area contributed by atoms with Crippen molar-refractivity contribution in [3.8, 4) is 0 Å². The molecule has 1 aliphatic heterocycles. The van der Waals surface area contributed by atoms with E-state index in [-0.39, 0.29) is 37.1 Å². The minimum Gasteiger partial charge on any atom is -0.352 e. The molecule has 2 amide bonds. The summed E-state index contributed by atoms with van der Waals surface area (Å²) in [5.41, 5.74) is 1.29. The predicted octanol–water partition coefficient (Wildman–Crippen LogP) is 3.80. The van der Waals surface area contributed by atoms with Gasteiger partial charge in [0.05, 0.1) is 21.7 Å². The number of anilines is 1. The minimum atomic E-state index is -0.469. The number of carbonyl (C=O) groups excluding carboxylic acids is 2. The van der Waals surface area contributed by atoms with Crippen LogP contribution in [-0.2, 0) is 16.1 Å². The van der Waals surface area contributed by atoms with E-state index in [0.29, 0.717) is 15.7 Å². The van der Waals surface area contributed by atoms with E-state index >= 15 is 0 Å². The van der Waals surface area contributed by atoms with Gasteiger partial charge in [0.2, 0.25) is 11.8 Å². The lowest BCUT2D eigenvalue weighted by molar-refractivity contribution is -0.126. The number of halogens is 3. The summed E-state index contributed by atoms with van der Waals surface area (Å²) in [7, 11) is 0. The van der Waals surface area contributed by atoms with Crippen molar-refractivity contribution < 1.29 is 14.0 Å². The van der Waals surface area contributed by atoms with Crippen LogP contribution in [0.2, 0.25) is 10.0 Å². The summed E-state index contributed by atoms with van der Waals surface area (Å²) in [6.45, 7) is 0.524. The number of hydrogen-bond donors (Lipinski definition) is 1. The molecule has 2 aromatic carbocycles. The van der Waals surface area contributed by atoms with Crippen molar-refractivity contribution in [1.82, 2.24) is 5.32 Å². The molecule has 1 saturated heterocycles. The molecule has 0 saturated carbocycles. The molecule has 3 rings (SSSR count). The number of benzene rings is 2. The lowest BCUT2D eigenvalue weighted by Gasteiger charge is -2.18. The van der Waals surface area contributed by atoms with Gasteiger partial charge in [-0.15, -0.1) is 0 Å². The number of hydrogen-bond acceptors (Lipinski definition) is 2. The highest BCUT2D eigenvalue weighted by molar-refractivity contribution is 6.44. The molecule has 0 aliphatic carbocycles. The van der Waals surface area contributed by atoms with Crippen LogP contribution >= 0.6 is 23.2 Å². The lowest BCUT2D eigenvalue weighted by atomic mass is 10.1. The molecule has 1 aliphatic rings. The first kappa shape index (κ1) is 17.7. The van der Waals surface area contributed by atoms with Crippen molar-refractivity contribution in [3.05, 3.63) is 63.9 Å². The lowest BCUT2D eigenvalue weighted by Crippen LogP contribution is -2.32. The van der Waals surface area contributed by atoms with Crippen LogP contribution in [0.4, 0.5) is 10.1 Å². The van der Waals surface area contributed by atoms with Gasteiger partial charge in [-0.05, 0) is 29.8 Å². The highest BCUT2D eigenvalue weighted by Gasteiger charge is 2.36. The molecular weight excluding hydrogens is 366 g/mol. The molecule has 0 radical (unpaired) electrons. The second kappa shape index (κ2) is 7.42. The average Bonchev–Trinajstić information content (AvgIpc) is 2.98. The monoisotopic (exact) mass is 380 g/mol. The van der Waals surface area contributed by atoms with Crippen LogP contribution < -0.4 is 10.2 Å². The first-order valence-corrected chi connectivity index (χ1v) is 8.48. The SMILES string of the molecule is O=C(NCc1ccc(F)cc1)C1CC(=O)N(c2cccc(Cl)c2Cl)C1. The minimum absolute atomic E-state index is 0.109. The van der Waals surface area contributed by atoms with Gasteiger partial charge in [0.1, 0.15) is 5.82 Å². The molecule has 130 valence electrons. The van der Waals surface area contributed by atoms with E-state index in [0.717, 1.165) is 5.56 Å². The van der Waals surface area contributed by atoms with Crippen LogP contribution in [0.25, 0.3) is 0 Å². The van der Waals surface area contributed by atoms with Crippen molar-refractivity contribution in [3.63, 3.8) is 0 Å². The quantitative estimate of drug-likeness (QED) is 0.876. The van der Waals surface area contributed by atoms with Crippen LogP contribution in [0.3, 0.4) is 0 Å². The van der Waals surface area contributed by atoms with E-state index in [1.165, 1.54) is 17.0 Å². The topological polar surface area (TPSA) is 49.4 Å². The summed E-state index contributed by atoms with van der Waals surface area (Å²) < 4.78 is 12.9. The number of amides is 2. The van der Waals surface area contributed by atoms with Gasteiger partial charge < -0.3 is 10.2 Å². The Balaban J connectivity index is 1.64. The molecule has 25 heavy (non-hydrogen) atoms. The summed E-state index contributed by atoms with van der Waals surface area (Å²) in [5, 5.41) is 3.43. The number of rotatable bonds is 4. The fourth-order valence-electron chi connectivity index (χ4n) is 2.75. The normalized spacial score (nSPS) is 17.0. The second-order valence-electron chi connectivity index (χ2n) is 5.82. The summed E-state index contributed by atoms with van der Waals surface area (Å²) >= 11 is 12.2. The first-order chi connectivity index (χ1) is 12.0. The van der Waals surface area contributed by atoms with Crippen LogP contribution in [0.1, 0.15) is 12.0 Å². The zero-order valence-corrected chi connectivity index (χ0v) is 14.6. The molecule has 1 atom stereocenters. The number of nitrogens with zero attached hydrogens (tertiary/aromatic N) is 1. The summed E-state index contributed by atoms with van der Waals surface area (Å²) in [6.07, 6.45) is 0.109. The molecule has 1 unspecified atom stereocenters. The molecule has 2 aromatic rings. The van der Waals surface area contributed by atoms with Crippen molar-refractivity contribution in [2.24, 2.45) is 5.92 Å². The zero-order valence-electron chi connectivity index (χ0n) is 13.1. The van der Waals surface area contributed by atoms with Crippen LogP contribution in [-0.4, -0.2) is 18.4 Å². The molecule has 1 fully saturated rings. The Hall–Kier alpha value is -2.11. The Morgan fingerprint density at radius 1 is 1.20 bits per heavy atom. The molecule has 1 N–H and O–H groups in total. The highest BCUT2D eigenvalue weighted by atomic mass is 35.5. The van der Waals surface area contributed by atoms with Gasteiger partial charge in [0.25, 0.3) is 0 Å². The Morgan fingerprint density at radius 3 is 2.64 bits per heavy atom. The van der Waals surface area contributed by atoms with Gasteiger partial charge in [-0.25, -0.2) is 4.39 Å². The molecule has 4 nitrogen and oxygen atoms in total. The van der Waals surface area contributed by atoms with Gasteiger partial charge >= 0.3 is 0 Å². The van der Waals surface area contributed by atoms with E-state index in [1.807, 2.05) is 0 Å². The summed E-state index contributed by atoms with van der Waals surface area (Å²) in [5.74, 6) is -1.20. The number of carbonyl (C=O) groups is 2. The summed E-state index contributed by atoms with van der Waals surface area (Å²) in [4.78, 5) is 26.1. The Bertz CT molecular complexity index is 811. The van der Waals surface area contributed by atoms with Crippen LogP contribution in [0, 0.1) is 11.7 Å². The molecular formula is C18H15Cl2FN2O2. The molecule has 7 heteroatoms. The summed E-state index contributed by atoms with van der Waals surface area (Å²) in [6, 6.07) is 10.9. The smallest absolute Gasteiger partial charge is 0.227 e. The van der Waals surface area contributed by atoms with Gasteiger partial charge in [0.15, 0.2) is 0 Å². The van der Waals surface area contributed by atoms with E-state index in [1.54, 1.807) is 30.3 Å². The fourth-order valence-corrected chi connectivity index (χ4v) is 3.15. The third-order valence-corrected chi connectivity index (χ3v) is 4.91. The zero-order chi connectivity index (χ0) is 18.0. The maximum absolute atomic E-state index is 12.9. The van der Waals surface area contributed by atoms with E-state index in [9.17, 15) is 14.0 Å². The van der Waals surface area contributed by atoms with Crippen LogP contribution in [0.5, 0.6) is 0 Å². The predicted molar refractivity (Wildman–Crippen MR) is 95.2 cm³/mol. The average molecular weight is 381 g/mol. The largest absolute Gasteiger partial charge is 0.352 e. The third-order valence-electron chi connectivity index (χ3n) is 4.10. The Kier molecular flexibility index (Phi) is 5.25. The standard InChI is InChI=1S/C18H15Cl2FN2O2/c19-14-2-1-3-15(17(14)20)23-10-12(8-16(23)24)18(25)22-9-11-4-6-13(21)7-5-11/h1-7,12H,8-10H2,(H,22,25). The molecule has 0 spiro atoms. The molecule has 0 bridgehead atoms. The van der Waals surface area contributed by atoms with Crippen molar-refractivity contribution >= 4 is 40.7 Å². The van der Waals surface area contributed by atoms with Gasteiger partial charge in [0, 0.05) is 19.5 Å². The highest BCUT2D eigenvalue weighted by Crippen LogP contribution is 2.35. The van der Waals surface area contributed by atoms with Gasteiger partial charge in [-0.1, -0.05) is 41.4 Å². The van der Waals surface area contributed by atoms with Crippen LogP contribution in [0.15, 0.2) is 42.5 Å². The third kappa shape index (κ3) is 3.94. The van der Waals surface area contributed by atoms with Gasteiger partial charge in [-0.2, -0.15) is 0 Å². The Morgan fingerprint density at radius 2 is 1.92 bits per heavy atom. The van der Waals surface area contributed by atoms with E-state index in [4.69, 9.17) is 23.2 Å². The van der Waals surface area contributed by atoms with Crippen molar-refractivity contribution in [2.75, 3.05) is 11.4 Å². The van der Waals surface area contributed by atoms with E-state index < -0.39 is 5.92 Å². The number of nitrogens with one attached hydrogen (secondary N) is 1. The fraction of sp³-hybridized carbons (Fsp3) is 0.222. The first-order valence-electron chi connectivity index (χ1n) is 7.72. The maximum atomic E-state index is 12.9. The van der Waals surface area contributed by atoms with E-state index in [2.05, 4.69) is 5.32 Å². The van der Waals surface area contributed by atoms with Crippen molar-refractivity contribution in [1.29, 1.82) is 0 Å². The molecule has 1 heterocycles. The Labute approximate surface area is 154 Å². The maximum Gasteiger partial charge on any atom is 0.227 e. The molecule has 0 aromatic heterocycles. The van der Waals surface area contributed by atoms with Crippen molar-refractivity contribution in [2.45, 2.75) is 13.0 Å².